The second kappa shape index (κ2) is 17.5. The largest absolute Gasteiger partial charge is 0.493 e. The van der Waals surface area contributed by atoms with Crippen LogP contribution >= 0.6 is 0 Å². The van der Waals surface area contributed by atoms with Crippen molar-refractivity contribution in [3.63, 3.8) is 0 Å². The maximum absolute atomic E-state index is 13.3. The van der Waals surface area contributed by atoms with Crippen LogP contribution in [0.3, 0.4) is 0 Å². The van der Waals surface area contributed by atoms with E-state index in [0.717, 1.165) is 58.3 Å². The standard InChI is InChI=1S/C29H44N2O9/c32-28(30-10-1-3-12-34-16-22-19-38-22)25-8-7-9-26(37-15-6-5-14-36-18-24-21-40-24)27(25)29(33)31-11-2-4-13-35-17-23-20-39-23/h7-9,22-24H,1-6,10-21H2,(H,30,32)(H,31,33). The molecule has 2 amide bonds. The highest BCUT2D eigenvalue weighted by Crippen LogP contribution is 2.23. The molecule has 3 unspecified atom stereocenters. The van der Waals surface area contributed by atoms with E-state index < -0.39 is 0 Å². The van der Waals surface area contributed by atoms with Gasteiger partial charge in [-0.15, -0.1) is 0 Å². The molecule has 3 heterocycles. The first-order valence-electron chi connectivity index (χ1n) is 14.6. The van der Waals surface area contributed by atoms with E-state index >= 15 is 0 Å². The molecule has 0 aliphatic carbocycles. The van der Waals surface area contributed by atoms with Crippen LogP contribution in [0.2, 0.25) is 0 Å². The van der Waals surface area contributed by atoms with Crippen molar-refractivity contribution in [3.8, 4) is 5.75 Å². The van der Waals surface area contributed by atoms with Gasteiger partial charge in [-0.1, -0.05) is 6.07 Å². The Morgan fingerprint density at radius 3 is 1.68 bits per heavy atom. The van der Waals surface area contributed by atoms with Crippen molar-refractivity contribution >= 4 is 11.8 Å². The maximum atomic E-state index is 13.3. The number of amides is 2. The third kappa shape index (κ3) is 12.5. The Labute approximate surface area is 236 Å². The monoisotopic (exact) mass is 564 g/mol. The second-order valence-electron chi connectivity index (χ2n) is 10.3. The molecule has 1 aromatic rings. The zero-order chi connectivity index (χ0) is 27.8. The van der Waals surface area contributed by atoms with Crippen molar-refractivity contribution in [1.82, 2.24) is 10.6 Å². The molecule has 11 heteroatoms. The molecule has 0 bridgehead atoms. The van der Waals surface area contributed by atoms with Crippen molar-refractivity contribution in [1.29, 1.82) is 0 Å². The zero-order valence-electron chi connectivity index (χ0n) is 23.4. The summed E-state index contributed by atoms with van der Waals surface area (Å²) in [6, 6.07) is 5.15. The molecule has 3 aliphatic rings. The molecule has 0 saturated carbocycles. The van der Waals surface area contributed by atoms with Gasteiger partial charge in [-0.3, -0.25) is 9.59 Å². The predicted octanol–water partition coefficient (Wildman–Crippen LogP) is 2.11. The van der Waals surface area contributed by atoms with Gasteiger partial charge in [-0.25, -0.2) is 0 Å². The number of ether oxygens (including phenoxy) is 7. The van der Waals surface area contributed by atoms with Gasteiger partial charge in [0, 0.05) is 32.9 Å². The summed E-state index contributed by atoms with van der Waals surface area (Å²) in [5.41, 5.74) is 0.565. The lowest BCUT2D eigenvalue weighted by molar-refractivity contribution is 0.0908. The summed E-state index contributed by atoms with van der Waals surface area (Å²) in [7, 11) is 0. The third-order valence-electron chi connectivity index (χ3n) is 6.56. The fraction of sp³-hybridized carbons (Fsp3) is 0.724. The highest BCUT2D eigenvalue weighted by molar-refractivity contribution is 6.09. The fourth-order valence-corrected chi connectivity index (χ4v) is 3.95. The van der Waals surface area contributed by atoms with Crippen LogP contribution in [0.4, 0.5) is 0 Å². The average molecular weight is 565 g/mol. The summed E-state index contributed by atoms with van der Waals surface area (Å²) in [5.74, 6) is -0.216. The average Bonchev–Trinajstić information content (AvgIpc) is 3.80. The van der Waals surface area contributed by atoms with Gasteiger partial charge in [0.2, 0.25) is 0 Å². The van der Waals surface area contributed by atoms with Crippen LogP contribution in [0.1, 0.15) is 59.2 Å². The first kappa shape index (κ1) is 30.7. The molecule has 224 valence electrons. The summed E-state index contributed by atoms with van der Waals surface area (Å²) >= 11 is 0. The molecule has 3 atom stereocenters. The van der Waals surface area contributed by atoms with E-state index in [1.807, 2.05) is 0 Å². The van der Waals surface area contributed by atoms with Crippen LogP contribution in [-0.2, 0) is 28.4 Å². The van der Waals surface area contributed by atoms with Gasteiger partial charge in [-0.2, -0.15) is 0 Å². The molecule has 40 heavy (non-hydrogen) atoms. The summed E-state index contributed by atoms with van der Waals surface area (Å²) in [6.07, 6.45) is 5.56. The Morgan fingerprint density at radius 1 is 0.675 bits per heavy atom. The quantitative estimate of drug-likeness (QED) is 0.143. The van der Waals surface area contributed by atoms with Crippen LogP contribution in [-0.4, -0.2) is 109 Å². The normalized spacial score (nSPS) is 20.6. The van der Waals surface area contributed by atoms with E-state index in [0.29, 0.717) is 70.7 Å². The van der Waals surface area contributed by atoms with Crippen molar-refractivity contribution in [2.75, 3.05) is 79.2 Å². The van der Waals surface area contributed by atoms with Crippen LogP contribution in [0.5, 0.6) is 5.75 Å². The number of carbonyl (C=O) groups excluding carboxylic acids is 2. The maximum Gasteiger partial charge on any atom is 0.255 e. The number of hydrogen-bond acceptors (Lipinski definition) is 9. The Kier molecular flexibility index (Phi) is 13.4. The molecule has 1 aromatic carbocycles. The Bertz CT molecular complexity index is 903. The van der Waals surface area contributed by atoms with Gasteiger partial charge in [0.25, 0.3) is 11.8 Å². The number of carbonyl (C=O) groups is 2. The summed E-state index contributed by atoms with van der Waals surface area (Å²) in [5, 5.41) is 5.88. The summed E-state index contributed by atoms with van der Waals surface area (Å²) < 4.78 is 38.1. The SMILES string of the molecule is O=C(NCCCCOCC1CO1)c1cccc(OCCCCOCC2CO2)c1C(=O)NCCCCOCC1CO1. The molecule has 0 radical (unpaired) electrons. The number of benzene rings is 1. The van der Waals surface area contributed by atoms with Crippen LogP contribution in [0.15, 0.2) is 18.2 Å². The van der Waals surface area contributed by atoms with Gasteiger partial charge >= 0.3 is 0 Å². The minimum absolute atomic E-state index is 0.251. The molecular weight excluding hydrogens is 520 g/mol. The summed E-state index contributed by atoms with van der Waals surface area (Å²) in [6.45, 7) is 7.51. The topological polar surface area (TPSA) is 133 Å². The van der Waals surface area contributed by atoms with E-state index in [1.165, 1.54) is 0 Å². The highest BCUT2D eigenvalue weighted by Gasteiger charge is 2.24. The molecule has 3 saturated heterocycles. The van der Waals surface area contributed by atoms with Crippen molar-refractivity contribution < 1.29 is 42.7 Å². The summed E-state index contributed by atoms with van der Waals surface area (Å²) in [4.78, 5) is 26.3. The second-order valence-corrected chi connectivity index (χ2v) is 10.3. The Morgan fingerprint density at radius 2 is 1.15 bits per heavy atom. The first-order chi connectivity index (χ1) is 19.7. The lowest BCUT2D eigenvalue weighted by atomic mass is 10.0. The zero-order valence-corrected chi connectivity index (χ0v) is 23.4. The molecule has 0 spiro atoms. The van der Waals surface area contributed by atoms with Crippen molar-refractivity contribution in [2.24, 2.45) is 0 Å². The number of hydrogen-bond donors (Lipinski definition) is 2. The van der Waals surface area contributed by atoms with E-state index in [1.54, 1.807) is 18.2 Å². The van der Waals surface area contributed by atoms with E-state index in [2.05, 4.69) is 10.6 Å². The number of epoxide rings is 3. The van der Waals surface area contributed by atoms with Gasteiger partial charge < -0.3 is 43.8 Å². The lowest BCUT2D eigenvalue weighted by Gasteiger charge is -2.16. The van der Waals surface area contributed by atoms with Gasteiger partial charge in [0.15, 0.2) is 0 Å². The minimum Gasteiger partial charge on any atom is -0.493 e. The van der Waals surface area contributed by atoms with E-state index in [-0.39, 0.29) is 35.7 Å². The van der Waals surface area contributed by atoms with Crippen molar-refractivity contribution in [3.05, 3.63) is 29.3 Å². The molecule has 2 N–H and O–H groups in total. The molecule has 3 aliphatic heterocycles. The molecule has 11 nitrogen and oxygen atoms in total. The first-order valence-corrected chi connectivity index (χ1v) is 14.6. The van der Waals surface area contributed by atoms with Crippen LogP contribution in [0.25, 0.3) is 0 Å². The number of unbranched alkanes of at least 4 members (excludes halogenated alkanes) is 3. The Balaban J connectivity index is 1.21. The van der Waals surface area contributed by atoms with Crippen molar-refractivity contribution in [2.45, 2.75) is 56.8 Å². The molecule has 0 aromatic heterocycles. The number of nitrogens with one attached hydrogen (secondary N) is 2. The third-order valence-corrected chi connectivity index (χ3v) is 6.56. The van der Waals surface area contributed by atoms with E-state index in [9.17, 15) is 9.59 Å². The molecule has 3 fully saturated rings. The Hall–Kier alpha value is -2.28. The number of rotatable bonds is 24. The van der Waals surface area contributed by atoms with Gasteiger partial charge in [0.1, 0.15) is 24.1 Å². The molecule has 4 rings (SSSR count). The van der Waals surface area contributed by atoms with Gasteiger partial charge in [0.05, 0.1) is 57.4 Å². The highest BCUT2D eigenvalue weighted by atomic mass is 16.6. The smallest absolute Gasteiger partial charge is 0.255 e. The predicted molar refractivity (Wildman–Crippen MR) is 146 cm³/mol. The molecular formula is C29H44N2O9. The lowest BCUT2D eigenvalue weighted by Crippen LogP contribution is -2.31. The fourth-order valence-electron chi connectivity index (χ4n) is 3.95. The van der Waals surface area contributed by atoms with Crippen LogP contribution in [0, 0.1) is 0 Å². The minimum atomic E-state index is -0.323. The van der Waals surface area contributed by atoms with Crippen LogP contribution < -0.4 is 15.4 Å². The van der Waals surface area contributed by atoms with Gasteiger partial charge in [-0.05, 0) is 50.7 Å². The van der Waals surface area contributed by atoms with E-state index in [4.69, 9.17) is 33.2 Å².